The Kier molecular flexibility index (Phi) is 4.33. The standard InChI is InChI=1S/C14H21F2OSi/c1-10-11(13(16)8-7-12(10)15)9-17-18(5,6)14(2,3)4/h7-8H,1,9H2,2-6H3. The maximum absolute atomic E-state index is 13.6. The Morgan fingerprint density at radius 2 is 1.67 bits per heavy atom. The Balaban J connectivity index is 2.91. The van der Waals surface area contributed by atoms with Crippen molar-refractivity contribution < 1.29 is 13.2 Å². The van der Waals surface area contributed by atoms with Crippen molar-refractivity contribution in [2.45, 2.75) is 45.5 Å². The first-order valence-electron chi connectivity index (χ1n) is 5.99. The SMILES string of the molecule is [CH2]c1c(F)ccc(F)c1CO[Si](C)(C)C(C)(C)C. The minimum atomic E-state index is -1.97. The molecule has 1 radical (unpaired) electrons. The average molecular weight is 271 g/mol. The van der Waals surface area contributed by atoms with Crippen LogP contribution in [0.25, 0.3) is 0 Å². The van der Waals surface area contributed by atoms with Crippen molar-refractivity contribution in [3.63, 3.8) is 0 Å². The molecule has 1 aromatic carbocycles. The van der Waals surface area contributed by atoms with Crippen LogP contribution in [-0.2, 0) is 11.0 Å². The maximum atomic E-state index is 13.6. The van der Waals surface area contributed by atoms with Gasteiger partial charge in [0.2, 0.25) is 0 Å². The third-order valence-corrected chi connectivity index (χ3v) is 8.18. The van der Waals surface area contributed by atoms with Gasteiger partial charge in [-0.3, -0.25) is 0 Å². The van der Waals surface area contributed by atoms with E-state index in [0.717, 1.165) is 12.1 Å². The molecule has 0 saturated heterocycles. The number of rotatable bonds is 3. The number of hydrogen-bond donors (Lipinski definition) is 0. The van der Waals surface area contributed by atoms with Crippen LogP contribution < -0.4 is 0 Å². The van der Waals surface area contributed by atoms with Gasteiger partial charge in [-0.05, 0) is 42.8 Å². The second-order valence-corrected chi connectivity index (χ2v) is 10.8. The van der Waals surface area contributed by atoms with Crippen LogP contribution in [0.4, 0.5) is 8.78 Å². The highest BCUT2D eigenvalue weighted by Gasteiger charge is 2.37. The topological polar surface area (TPSA) is 9.23 Å². The van der Waals surface area contributed by atoms with Crippen molar-refractivity contribution in [2.75, 3.05) is 0 Å². The van der Waals surface area contributed by atoms with Crippen molar-refractivity contribution in [3.05, 3.63) is 41.8 Å². The molecule has 0 fully saturated rings. The van der Waals surface area contributed by atoms with Crippen LogP contribution in [0.3, 0.4) is 0 Å². The van der Waals surface area contributed by atoms with E-state index in [9.17, 15) is 8.78 Å². The van der Waals surface area contributed by atoms with Crippen LogP contribution >= 0.6 is 0 Å². The predicted octanol–water partition coefficient (Wildman–Crippen LogP) is 4.67. The summed E-state index contributed by atoms with van der Waals surface area (Å²) in [5.74, 6) is -0.953. The lowest BCUT2D eigenvalue weighted by Gasteiger charge is -2.36. The molecule has 0 atom stereocenters. The summed E-state index contributed by atoms with van der Waals surface area (Å²) >= 11 is 0. The van der Waals surface area contributed by atoms with Crippen molar-refractivity contribution in [3.8, 4) is 0 Å². The van der Waals surface area contributed by atoms with Gasteiger partial charge in [-0.25, -0.2) is 8.78 Å². The van der Waals surface area contributed by atoms with E-state index in [4.69, 9.17) is 4.43 Å². The minimum absolute atomic E-state index is 0.0398. The lowest BCUT2D eigenvalue weighted by atomic mass is 10.1. The van der Waals surface area contributed by atoms with Gasteiger partial charge in [0, 0.05) is 5.56 Å². The van der Waals surface area contributed by atoms with Gasteiger partial charge < -0.3 is 4.43 Å². The quantitative estimate of drug-likeness (QED) is 0.726. The van der Waals surface area contributed by atoms with Crippen molar-refractivity contribution in [1.29, 1.82) is 0 Å². The first-order chi connectivity index (χ1) is 8.06. The van der Waals surface area contributed by atoms with Gasteiger partial charge >= 0.3 is 0 Å². The van der Waals surface area contributed by atoms with Crippen LogP contribution in [0.1, 0.15) is 31.9 Å². The fourth-order valence-electron chi connectivity index (χ4n) is 1.26. The second-order valence-electron chi connectivity index (χ2n) is 6.04. The molecule has 0 N–H and O–H groups in total. The molecule has 0 saturated carbocycles. The molecule has 4 heteroatoms. The van der Waals surface area contributed by atoms with Crippen molar-refractivity contribution in [1.82, 2.24) is 0 Å². The van der Waals surface area contributed by atoms with E-state index in [-0.39, 0.29) is 22.8 Å². The fraction of sp³-hybridized carbons (Fsp3) is 0.500. The largest absolute Gasteiger partial charge is 0.412 e. The van der Waals surface area contributed by atoms with E-state index >= 15 is 0 Å². The molecule has 0 unspecified atom stereocenters. The summed E-state index contributed by atoms with van der Waals surface area (Å²) in [6.45, 7) is 14.1. The molecule has 0 aliphatic heterocycles. The highest BCUT2D eigenvalue weighted by atomic mass is 28.4. The molecule has 0 aliphatic rings. The van der Waals surface area contributed by atoms with E-state index in [1.807, 2.05) is 0 Å². The van der Waals surface area contributed by atoms with Crippen LogP contribution in [0.15, 0.2) is 12.1 Å². The second kappa shape index (κ2) is 5.09. The van der Waals surface area contributed by atoms with Gasteiger partial charge in [0.15, 0.2) is 8.32 Å². The molecule has 0 aromatic heterocycles. The molecule has 0 heterocycles. The molecule has 18 heavy (non-hydrogen) atoms. The summed E-state index contributed by atoms with van der Waals surface area (Å²) in [5, 5.41) is 0.0398. The number of halogens is 2. The van der Waals surface area contributed by atoms with E-state index in [0.29, 0.717) is 0 Å². The summed E-state index contributed by atoms with van der Waals surface area (Å²) in [6.07, 6.45) is 0. The molecule has 101 valence electrons. The highest BCUT2D eigenvalue weighted by Crippen LogP contribution is 2.37. The van der Waals surface area contributed by atoms with Gasteiger partial charge in [0.1, 0.15) is 11.6 Å². The van der Waals surface area contributed by atoms with Crippen LogP contribution in [0.2, 0.25) is 18.1 Å². The Morgan fingerprint density at radius 1 is 1.17 bits per heavy atom. The summed E-state index contributed by atoms with van der Waals surface area (Å²) in [5.41, 5.74) is 0.313. The fourth-order valence-corrected chi connectivity index (χ4v) is 2.20. The third-order valence-electron chi connectivity index (χ3n) is 3.70. The summed E-state index contributed by atoms with van der Waals surface area (Å²) < 4.78 is 32.9. The Bertz CT molecular complexity index is 436. The van der Waals surface area contributed by atoms with Crippen molar-refractivity contribution in [2.24, 2.45) is 0 Å². The van der Waals surface area contributed by atoms with E-state index in [1.54, 1.807) is 0 Å². The summed E-state index contributed by atoms with van der Waals surface area (Å²) in [4.78, 5) is 0. The number of hydrogen-bond acceptors (Lipinski definition) is 1. The molecule has 1 nitrogen and oxygen atoms in total. The van der Waals surface area contributed by atoms with Crippen LogP contribution in [-0.4, -0.2) is 8.32 Å². The van der Waals surface area contributed by atoms with Gasteiger partial charge in [-0.1, -0.05) is 20.8 Å². The molecule has 1 aromatic rings. The zero-order valence-electron chi connectivity index (χ0n) is 11.7. The highest BCUT2D eigenvalue weighted by molar-refractivity contribution is 6.74. The van der Waals surface area contributed by atoms with E-state index in [1.165, 1.54) is 0 Å². The first-order valence-corrected chi connectivity index (χ1v) is 8.90. The summed E-state index contributed by atoms with van der Waals surface area (Å²) in [7, 11) is -1.97. The van der Waals surface area contributed by atoms with Crippen molar-refractivity contribution >= 4 is 8.32 Å². The normalized spacial score (nSPS) is 12.9. The molecule has 0 amide bonds. The predicted molar refractivity (Wildman–Crippen MR) is 72.8 cm³/mol. The first kappa shape index (κ1) is 15.3. The molecular weight excluding hydrogens is 250 g/mol. The summed E-state index contributed by atoms with van der Waals surface area (Å²) in [6, 6.07) is 2.21. The lowest BCUT2D eigenvalue weighted by molar-refractivity contribution is 0.270. The lowest BCUT2D eigenvalue weighted by Crippen LogP contribution is -2.40. The monoisotopic (exact) mass is 271 g/mol. The van der Waals surface area contributed by atoms with Gasteiger partial charge in [0.25, 0.3) is 0 Å². The van der Waals surface area contributed by atoms with Gasteiger partial charge in [0.05, 0.1) is 6.61 Å². The molecular formula is C14H21F2OSi. The third kappa shape index (κ3) is 3.17. The van der Waals surface area contributed by atoms with Crippen LogP contribution in [0.5, 0.6) is 0 Å². The Morgan fingerprint density at radius 3 is 2.17 bits per heavy atom. The Hall–Kier alpha value is -0.743. The van der Waals surface area contributed by atoms with E-state index < -0.39 is 20.0 Å². The van der Waals surface area contributed by atoms with E-state index in [2.05, 4.69) is 40.8 Å². The smallest absolute Gasteiger partial charge is 0.192 e. The molecule has 1 rings (SSSR count). The average Bonchev–Trinajstić information content (AvgIpc) is 2.22. The van der Waals surface area contributed by atoms with Gasteiger partial charge in [-0.15, -0.1) is 0 Å². The zero-order valence-corrected chi connectivity index (χ0v) is 12.7. The van der Waals surface area contributed by atoms with Crippen LogP contribution in [0, 0.1) is 18.6 Å². The maximum Gasteiger partial charge on any atom is 0.192 e. The molecule has 0 spiro atoms. The zero-order chi connectivity index (χ0) is 14.1. The Labute approximate surface area is 109 Å². The number of benzene rings is 1. The molecule has 0 bridgehead atoms. The van der Waals surface area contributed by atoms with Gasteiger partial charge in [-0.2, -0.15) is 0 Å². The molecule has 0 aliphatic carbocycles. The minimum Gasteiger partial charge on any atom is -0.412 e.